The zero-order valence-corrected chi connectivity index (χ0v) is 6.88. The summed E-state index contributed by atoms with van der Waals surface area (Å²) in [6.07, 6.45) is 6.29. The predicted molar refractivity (Wildman–Crippen MR) is 43.1 cm³/mol. The average Bonchev–Trinajstić information content (AvgIpc) is 2.37. The number of carbonyl (C=O) groups excluding carboxylic acids is 1. The number of allylic oxidation sites excluding steroid dienone is 1. The summed E-state index contributed by atoms with van der Waals surface area (Å²) < 4.78 is 5.14. The molecule has 0 radical (unpaired) electrons. The van der Waals surface area contributed by atoms with Crippen LogP contribution in [0.1, 0.15) is 26.2 Å². The molecule has 1 aliphatic rings. The Bertz CT molecular complexity index is 161. The maximum Gasteiger partial charge on any atom is 0.139 e. The summed E-state index contributed by atoms with van der Waals surface area (Å²) in [6.45, 7) is 2.47. The molecule has 0 heterocycles. The highest BCUT2D eigenvalue weighted by molar-refractivity contribution is 5.82. The highest BCUT2D eigenvalue weighted by Gasteiger charge is 2.24. The Morgan fingerprint density at radius 2 is 2.55 bits per heavy atom. The van der Waals surface area contributed by atoms with Gasteiger partial charge in [-0.15, -0.1) is 0 Å². The summed E-state index contributed by atoms with van der Waals surface area (Å²) >= 11 is 0. The van der Waals surface area contributed by atoms with Gasteiger partial charge < -0.3 is 4.74 Å². The van der Waals surface area contributed by atoms with Crippen LogP contribution in [-0.2, 0) is 9.53 Å². The molecule has 0 spiro atoms. The Kier molecular flexibility index (Phi) is 3.14. The lowest BCUT2D eigenvalue weighted by atomic mass is 10.1. The van der Waals surface area contributed by atoms with Gasteiger partial charge in [-0.25, -0.2) is 0 Å². The van der Waals surface area contributed by atoms with Crippen LogP contribution in [0, 0.1) is 5.92 Å². The molecule has 2 nitrogen and oxygen atoms in total. The van der Waals surface area contributed by atoms with E-state index in [0.29, 0.717) is 12.4 Å². The van der Waals surface area contributed by atoms with Crippen molar-refractivity contribution in [3.05, 3.63) is 12.3 Å². The van der Waals surface area contributed by atoms with Crippen LogP contribution in [0.15, 0.2) is 12.3 Å². The van der Waals surface area contributed by atoms with Crippen LogP contribution in [0.25, 0.3) is 0 Å². The van der Waals surface area contributed by atoms with Crippen LogP contribution < -0.4 is 0 Å². The number of carbonyl (C=O) groups is 1. The summed E-state index contributed by atoms with van der Waals surface area (Å²) in [5, 5.41) is 0. The Morgan fingerprint density at radius 1 is 1.73 bits per heavy atom. The molecule has 1 fully saturated rings. The number of ether oxygens (including phenoxy) is 1. The Morgan fingerprint density at radius 3 is 3.09 bits per heavy atom. The van der Waals surface area contributed by atoms with Crippen molar-refractivity contribution in [1.29, 1.82) is 0 Å². The number of ketones is 1. The number of Topliss-reactive ketones (excluding diaryl/α,β-unsaturated/α-hetero) is 1. The molecule has 1 saturated carbocycles. The Hall–Kier alpha value is -0.790. The van der Waals surface area contributed by atoms with E-state index in [1.165, 1.54) is 0 Å². The minimum absolute atomic E-state index is 0.172. The summed E-state index contributed by atoms with van der Waals surface area (Å²) in [7, 11) is 0. The van der Waals surface area contributed by atoms with Crippen LogP contribution in [0.3, 0.4) is 0 Å². The van der Waals surface area contributed by atoms with Gasteiger partial charge in [0.05, 0.1) is 18.8 Å². The lowest BCUT2D eigenvalue weighted by molar-refractivity contribution is -0.121. The van der Waals surface area contributed by atoms with Crippen molar-refractivity contribution in [2.24, 2.45) is 5.92 Å². The van der Waals surface area contributed by atoms with Gasteiger partial charge in [0, 0.05) is 6.42 Å². The fourth-order valence-electron chi connectivity index (χ4n) is 1.33. The first-order valence-electron chi connectivity index (χ1n) is 4.10. The van der Waals surface area contributed by atoms with Crippen LogP contribution in [-0.4, -0.2) is 12.4 Å². The summed E-state index contributed by atoms with van der Waals surface area (Å²) in [4.78, 5) is 11.1. The van der Waals surface area contributed by atoms with Gasteiger partial charge in [-0.3, -0.25) is 4.79 Å². The first-order valence-corrected chi connectivity index (χ1v) is 4.10. The normalized spacial score (nSPS) is 24.8. The Labute approximate surface area is 67.2 Å². The predicted octanol–water partition coefficient (Wildman–Crippen LogP) is 1.91. The van der Waals surface area contributed by atoms with Crippen LogP contribution in [0.4, 0.5) is 0 Å². The van der Waals surface area contributed by atoms with Crippen molar-refractivity contribution in [1.82, 2.24) is 0 Å². The SMILES string of the molecule is C/C=C/OCC1CCCC1=O. The molecule has 0 amide bonds. The van der Waals surface area contributed by atoms with Gasteiger partial charge in [0.1, 0.15) is 5.78 Å². The van der Waals surface area contributed by atoms with Crippen molar-refractivity contribution < 1.29 is 9.53 Å². The second kappa shape index (κ2) is 4.16. The largest absolute Gasteiger partial charge is 0.501 e. The third-order valence-corrected chi connectivity index (χ3v) is 1.96. The van der Waals surface area contributed by atoms with Crippen molar-refractivity contribution >= 4 is 5.78 Å². The summed E-state index contributed by atoms with van der Waals surface area (Å²) in [5.74, 6) is 0.542. The van der Waals surface area contributed by atoms with Crippen molar-refractivity contribution in [2.75, 3.05) is 6.61 Å². The molecular weight excluding hydrogens is 140 g/mol. The smallest absolute Gasteiger partial charge is 0.139 e. The van der Waals surface area contributed by atoms with Gasteiger partial charge in [-0.1, -0.05) is 6.08 Å². The van der Waals surface area contributed by atoms with Crippen LogP contribution >= 0.6 is 0 Å². The van der Waals surface area contributed by atoms with Gasteiger partial charge in [0.15, 0.2) is 0 Å². The fourth-order valence-corrected chi connectivity index (χ4v) is 1.33. The molecule has 2 heteroatoms. The zero-order chi connectivity index (χ0) is 8.10. The van der Waals surface area contributed by atoms with Crippen molar-refractivity contribution in [3.8, 4) is 0 Å². The lowest BCUT2D eigenvalue weighted by Gasteiger charge is -2.05. The molecule has 0 aromatic carbocycles. The van der Waals surface area contributed by atoms with E-state index in [1.807, 2.05) is 13.0 Å². The number of hydrogen-bond donors (Lipinski definition) is 0. The molecule has 0 N–H and O–H groups in total. The molecule has 0 aromatic rings. The molecular formula is C9H14O2. The molecule has 0 saturated heterocycles. The minimum Gasteiger partial charge on any atom is -0.501 e. The van der Waals surface area contributed by atoms with Gasteiger partial charge in [0.25, 0.3) is 0 Å². The van der Waals surface area contributed by atoms with Gasteiger partial charge in [0.2, 0.25) is 0 Å². The third kappa shape index (κ3) is 2.37. The average molecular weight is 154 g/mol. The third-order valence-electron chi connectivity index (χ3n) is 1.96. The maximum atomic E-state index is 11.1. The first kappa shape index (κ1) is 8.31. The molecule has 1 unspecified atom stereocenters. The van der Waals surface area contributed by atoms with Crippen molar-refractivity contribution in [3.63, 3.8) is 0 Å². The van der Waals surface area contributed by atoms with E-state index >= 15 is 0 Å². The Balaban J connectivity index is 2.20. The van der Waals surface area contributed by atoms with E-state index in [4.69, 9.17) is 4.74 Å². The summed E-state index contributed by atoms with van der Waals surface area (Å²) in [5.41, 5.74) is 0. The molecule has 1 atom stereocenters. The summed E-state index contributed by atoms with van der Waals surface area (Å²) in [6, 6.07) is 0. The van der Waals surface area contributed by atoms with Gasteiger partial charge in [-0.05, 0) is 19.8 Å². The quantitative estimate of drug-likeness (QED) is 0.580. The number of hydrogen-bond acceptors (Lipinski definition) is 2. The van der Waals surface area contributed by atoms with E-state index in [0.717, 1.165) is 19.3 Å². The van der Waals surface area contributed by atoms with E-state index < -0.39 is 0 Å². The fraction of sp³-hybridized carbons (Fsp3) is 0.667. The lowest BCUT2D eigenvalue weighted by Crippen LogP contribution is -2.11. The molecule has 0 bridgehead atoms. The van der Waals surface area contributed by atoms with E-state index in [9.17, 15) is 4.79 Å². The monoisotopic (exact) mass is 154 g/mol. The molecule has 0 aliphatic heterocycles. The van der Waals surface area contributed by atoms with E-state index in [-0.39, 0.29) is 5.92 Å². The molecule has 1 aliphatic carbocycles. The van der Waals surface area contributed by atoms with E-state index in [2.05, 4.69) is 0 Å². The topological polar surface area (TPSA) is 26.3 Å². The van der Waals surface area contributed by atoms with Crippen LogP contribution in [0.2, 0.25) is 0 Å². The molecule has 0 aromatic heterocycles. The van der Waals surface area contributed by atoms with Gasteiger partial charge in [-0.2, -0.15) is 0 Å². The van der Waals surface area contributed by atoms with Gasteiger partial charge >= 0.3 is 0 Å². The first-order chi connectivity index (χ1) is 5.34. The molecule has 11 heavy (non-hydrogen) atoms. The maximum absolute atomic E-state index is 11.1. The highest BCUT2D eigenvalue weighted by atomic mass is 16.5. The minimum atomic E-state index is 0.172. The highest BCUT2D eigenvalue weighted by Crippen LogP contribution is 2.21. The second-order valence-electron chi connectivity index (χ2n) is 2.86. The second-order valence-corrected chi connectivity index (χ2v) is 2.86. The zero-order valence-electron chi connectivity index (χ0n) is 6.88. The van der Waals surface area contributed by atoms with Crippen LogP contribution in [0.5, 0.6) is 0 Å². The molecule has 62 valence electrons. The number of rotatable bonds is 3. The van der Waals surface area contributed by atoms with E-state index in [1.54, 1.807) is 6.26 Å². The van der Waals surface area contributed by atoms with Crippen molar-refractivity contribution in [2.45, 2.75) is 26.2 Å². The standard InChI is InChI=1S/C9H14O2/c1-2-6-11-7-8-4-3-5-9(8)10/h2,6,8H,3-5,7H2,1H3/b6-2+. The molecule has 1 rings (SSSR count).